The van der Waals surface area contributed by atoms with Gasteiger partial charge in [-0.05, 0) is 13.0 Å². The van der Waals surface area contributed by atoms with E-state index in [0.29, 0.717) is 6.61 Å². The predicted molar refractivity (Wildman–Crippen MR) is 62.5 cm³/mol. The Morgan fingerprint density at radius 3 is 2.44 bits per heavy atom. The van der Waals surface area contributed by atoms with Gasteiger partial charge in [0.15, 0.2) is 0 Å². The summed E-state index contributed by atoms with van der Waals surface area (Å²) in [5.74, 6) is 0. The van der Waals surface area contributed by atoms with Gasteiger partial charge in [0.2, 0.25) is 0 Å². The maximum Gasteiger partial charge on any atom is 0.129 e. The van der Waals surface area contributed by atoms with Crippen LogP contribution in [0.15, 0.2) is 0 Å². The first kappa shape index (κ1) is 12.0. The monoisotopic (exact) mass is 226 g/mol. The molecular weight excluding hydrogens is 204 g/mol. The van der Waals surface area contributed by atoms with E-state index in [2.05, 4.69) is 16.7 Å². The second kappa shape index (κ2) is 5.25. The molecule has 0 aromatic carbocycles. The van der Waals surface area contributed by atoms with Crippen molar-refractivity contribution < 1.29 is 9.53 Å². The van der Waals surface area contributed by atoms with Crippen molar-refractivity contribution >= 4 is 6.29 Å². The number of carbonyl (C=O) groups excluding carboxylic acids is 1. The van der Waals surface area contributed by atoms with E-state index in [1.165, 1.54) is 0 Å². The maximum atomic E-state index is 11.2. The number of ether oxygens (including phenoxy) is 1. The summed E-state index contributed by atoms with van der Waals surface area (Å²) in [4.78, 5) is 16.1. The highest BCUT2D eigenvalue weighted by molar-refractivity contribution is 5.60. The van der Waals surface area contributed by atoms with Crippen LogP contribution in [0.2, 0.25) is 0 Å². The Labute approximate surface area is 97.5 Å². The predicted octanol–water partition coefficient (Wildman–Crippen LogP) is 0.230. The van der Waals surface area contributed by atoms with Gasteiger partial charge in [-0.2, -0.15) is 0 Å². The summed E-state index contributed by atoms with van der Waals surface area (Å²) in [6.07, 6.45) is 2.01. The standard InChI is InChI=1S/C12H22N2O2/c1-2-13-4-6-14(7-5-13)9-12(10-15)3-8-16-11-12/h10H,2-9,11H2,1H3. The molecule has 0 aromatic heterocycles. The molecule has 1 atom stereocenters. The highest BCUT2D eigenvalue weighted by Crippen LogP contribution is 2.27. The summed E-state index contributed by atoms with van der Waals surface area (Å²) >= 11 is 0. The first-order valence-corrected chi connectivity index (χ1v) is 6.27. The quantitative estimate of drug-likeness (QED) is 0.642. The SMILES string of the molecule is CCN1CCN(CC2(C=O)CCOC2)CC1. The van der Waals surface area contributed by atoms with Crippen molar-refractivity contribution in [2.75, 3.05) is 52.5 Å². The van der Waals surface area contributed by atoms with Crippen molar-refractivity contribution in [1.82, 2.24) is 9.80 Å². The number of carbonyl (C=O) groups is 1. The average molecular weight is 226 g/mol. The lowest BCUT2D eigenvalue weighted by Crippen LogP contribution is -2.50. The molecule has 0 aliphatic carbocycles. The first-order chi connectivity index (χ1) is 7.78. The van der Waals surface area contributed by atoms with Crippen LogP contribution in [-0.2, 0) is 9.53 Å². The minimum absolute atomic E-state index is 0.214. The summed E-state index contributed by atoms with van der Waals surface area (Å²) in [6, 6.07) is 0. The molecule has 16 heavy (non-hydrogen) atoms. The van der Waals surface area contributed by atoms with Crippen molar-refractivity contribution in [2.45, 2.75) is 13.3 Å². The molecule has 0 radical (unpaired) electrons. The molecule has 2 saturated heterocycles. The molecule has 92 valence electrons. The Kier molecular flexibility index (Phi) is 3.95. The fourth-order valence-corrected chi connectivity index (χ4v) is 2.59. The average Bonchev–Trinajstić information content (AvgIpc) is 2.79. The first-order valence-electron chi connectivity index (χ1n) is 6.27. The molecule has 1 unspecified atom stereocenters. The van der Waals surface area contributed by atoms with Gasteiger partial charge in [0, 0.05) is 39.3 Å². The molecule has 2 fully saturated rings. The Bertz CT molecular complexity index is 231. The number of aldehydes is 1. The van der Waals surface area contributed by atoms with Gasteiger partial charge in [-0.1, -0.05) is 6.92 Å². The molecule has 0 spiro atoms. The maximum absolute atomic E-state index is 11.2. The van der Waals surface area contributed by atoms with Crippen molar-refractivity contribution in [3.8, 4) is 0 Å². The van der Waals surface area contributed by atoms with Gasteiger partial charge in [-0.15, -0.1) is 0 Å². The molecule has 0 N–H and O–H groups in total. The molecule has 0 amide bonds. The number of nitrogens with zero attached hydrogens (tertiary/aromatic N) is 2. The Hall–Kier alpha value is -0.450. The van der Waals surface area contributed by atoms with Crippen molar-refractivity contribution in [3.63, 3.8) is 0 Å². The van der Waals surface area contributed by atoms with Crippen LogP contribution in [0.3, 0.4) is 0 Å². The topological polar surface area (TPSA) is 32.8 Å². The van der Waals surface area contributed by atoms with Gasteiger partial charge >= 0.3 is 0 Å². The summed E-state index contributed by atoms with van der Waals surface area (Å²) in [5, 5.41) is 0. The molecule has 0 saturated carbocycles. The smallest absolute Gasteiger partial charge is 0.129 e. The molecule has 2 aliphatic heterocycles. The highest BCUT2D eigenvalue weighted by atomic mass is 16.5. The second-order valence-electron chi connectivity index (χ2n) is 4.99. The summed E-state index contributed by atoms with van der Waals surface area (Å²) in [6.45, 7) is 10.0. The van der Waals surface area contributed by atoms with Crippen LogP contribution in [0, 0.1) is 5.41 Å². The zero-order chi connectivity index (χ0) is 11.4. The van der Waals surface area contributed by atoms with Gasteiger partial charge in [-0.25, -0.2) is 0 Å². The number of rotatable bonds is 4. The van der Waals surface area contributed by atoms with E-state index in [9.17, 15) is 4.79 Å². The lowest BCUT2D eigenvalue weighted by Gasteiger charge is -2.37. The van der Waals surface area contributed by atoms with E-state index in [0.717, 1.165) is 58.6 Å². The lowest BCUT2D eigenvalue weighted by molar-refractivity contribution is -0.117. The molecule has 4 heteroatoms. The summed E-state index contributed by atoms with van der Waals surface area (Å²) in [7, 11) is 0. The fourth-order valence-electron chi connectivity index (χ4n) is 2.59. The van der Waals surface area contributed by atoms with E-state index in [4.69, 9.17) is 4.74 Å². The van der Waals surface area contributed by atoms with E-state index in [1.807, 2.05) is 0 Å². The van der Waals surface area contributed by atoms with Crippen LogP contribution >= 0.6 is 0 Å². The lowest BCUT2D eigenvalue weighted by atomic mass is 9.88. The third-order valence-corrected chi connectivity index (χ3v) is 3.83. The number of hydrogen-bond acceptors (Lipinski definition) is 4. The van der Waals surface area contributed by atoms with Gasteiger partial charge in [0.1, 0.15) is 6.29 Å². The van der Waals surface area contributed by atoms with Gasteiger partial charge in [0.25, 0.3) is 0 Å². The van der Waals surface area contributed by atoms with Crippen LogP contribution in [0.5, 0.6) is 0 Å². The summed E-state index contributed by atoms with van der Waals surface area (Å²) < 4.78 is 5.37. The van der Waals surface area contributed by atoms with Crippen LogP contribution in [0.25, 0.3) is 0 Å². The fraction of sp³-hybridized carbons (Fsp3) is 0.917. The van der Waals surface area contributed by atoms with Crippen LogP contribution in [0.1, 0.15) is 13.3 Å². The van der Waals surface area contributed by atoms with Crippen LogP contribution in [0.4, 0.5) is 0 Å². The van der Waals surface area contributed by atoms with E-state index < -0.39 is 0 Å². The second-order valence-corrected chi connectivity index (χ2v) is 4.99. The van der Waals surface area contributed by atoms with Crippen LogP contribution in [-0.4, -0.2) is 68.6 Å². The molecule has 2 heterocycles. The van der Waals surface area contributed by atoms with E-state index >= 15 is 0 Å². The summed E-state index contributed by atoms with van der Waals surface area (Å²) in [5.41, 5.74) is -0.214. The zero-order valence-electron chi connectivity index (χ0n) is 10.2. The highest BCUT2D eigenvalue weighted by Gasteiger charge is 2.36. The normalized spacial score (nSPS) is 33.1. The largest absolute Gasteiger partial charge is 0.380 e. The zero-order valence-corrected chi connectivity index (χ0v) is 10.2. The van der Waals surface area contributed by atoms with E-state index in [1.54, 1.807) is 0 Å². The van der Waals surface area contributed by atoms with Crippen LogP contribution < -0.4 is 0 Å². The Morgan fingerprint density at radius 1 is 1.25 bits per heavy atom. The molecule has 2 rings (SSSR count). The number of piperazine rings is 1. The Balaban J connectivity index is 1.83. The third kappa shape index (κ3) is 2.62. The molecule has 0 bridgehead atoms. The number of hydrogen-bond donors (Lipinski definition) is 0. The minimum atomic E-state index is -0.214. The minimum Gasteiger partial charge on any atom is -0.380 e. The molecule has 2 aliphatic rings. The molecular formula is C12H22N2O2. The molecule has 0 aromatic rings. The Morgan fingerprint density at radius 2 is 1.94 bits per heavy atom. The van der Waals surface area contributed by atoms with Gasteiger partial charge in [0.05, 0.1) is 12.0 Å². The third-order valence-electron chi connectivity index (χ3n) is 3.83. The van der Waals surface area contributed by atoms with E-state index in [-0.39, 0.29) is 5.41 Å². The molecule has 4 nitrogen and oxygen atoms in total. The van der Waals surface area contributed by atoms with Gasteiger partial charge < -0.3 is 14.4 Å². The van der Waals surface area contributed by atoms with Crippen molar-refractivity contribution in [1.29, 1.82) is 0 Å². The van der Waals surface area contributed by atoms with Gasteiger partial charge in [-0.3, -0.25) is 4.90 Å². The van der Waals surface area contributed by atoms with Crippen molar-refractivity contribution in [2.24, 2.45) is 5.41 Å². The van der Waals surface area contributed by atoms with Crippen molar-refractivity contribution in [3.05, 3.63) is 0 Å². The number of likely N-dealkylation sites (N-methyl/N-ethyl adjacent to an activating group) is 1.